The van der Waals surface area contributed by atoms with Crippen LogP contribution >= 0.6 is 0 Å². The minimum atomic E-state index is -3.70. The number of carboxylic acid groups (broad SMARTS) is 1. The molecule has 0 amide bonds. The van der Waals surface area contributed by atoms with Crippen LogP contribution in [0.5, 0.6) is 5.75 Å². The van der Waals surface area contributed by atoms with Gasteiger partial charge in [-0.1, -0.05) is 19.1 Å². The highest BCUT2D eigenvalue weighted by Gasteiger charge is 2.20. The Kier molecular flexibility index (Phi) is 5.31. The SMILES string of the molecule is COc1ccccc1S(=O)(=O)NCC(C)CC(=O)O. The fraction of sp³-hybridized carbons (Fsp3) is 0.417. The van der Waals surface area contributed by atoms with Crippen molar-refractivity contribution in [3.8, 4) is 5.75 Å². The van der Waals surface area contributed by atoms with Crippen LogP contribution in [0, 0.1) is 5.92 Å². The summed E-state index contributed by atoms with van der Waals surface area (Å²) in [6.07, 6.45) is -0.0888. The van der Waals surface area contributed by atoms with Crippen LogP contribution in [0.4, 0.5) is 0 Å². The number of hydrogen-bond donors (Lipinski definition) is 2. The maximum absolute atomic E-state index is 12.1. The fourth-order valence-electron chi connectivity index (χ4n) is 1.54. The Bertz CT molecular complexity index is 541. The van der Waals surface area contributed by atoms with Crippen LogP contribution in [-0.4, -0.2) is 33.1 Å². The molecule has 1 atom stereocenters. The maximum Gasteiger partial charge on any atom is 0.303 e. The Balaban J connectivity index is 2.79. The first-order valence-corrected chi connectivity index (χ1v) is 7.19. The molecule has 0 aliphatic heterocycles. The predicted molar refractivity (Wildman–Crippen MR) is 69.6 cm³/mol. The first-order valence-electron chi connectivity index (χ1n) is 5.71. The van der Waals surface area contributed by atoms with Gasteiger partial charge in [0.1, 0.15) is 10.6 Å². The van der Waals surface area contributed by atoms with Crippen molar-refractivity contribution < 1.29 is 23.1 Å². The van der Waals surface area contributed by atoms with Gasteiger partial charge in [0.15, 0.2) is 0 Å². The van der Waals surface area contributed by atoms with Gasteiger partial charge in [-0.25, -0.2) is 13.1 Å². The van der Waals surface area contributed by atoms with Gasteiger partial charge in [-0.2, -0.15) is 0 Å². The fourth-order valence-corrected chi connectivity index (χ4v) is 2.87. The number of carboxylic acids is 1. The van der Waals surface area contributed by atoms with E-state index in [4.69, 9.17) is 9.84 Å². The molecule has 1 aromatic rings. The molecule has 106 valence electrons. The van der Waals surface area contributed by atoms with Crippen molar-refractivity contribution in [2.45, 2.75) is 18.2 Å². The van der Waals surface area contributed by atoms with Gasteiger partial charge in [0.2, 0.25) is 10.0 Å². The highest BCUT2D eigenvalue weighted by molar-refractivity contribution is 7.89. The van der Waals surface area contributed by atoms with Crippen molar-refractivity contribution in [2.24, 2.45) is 5.92 Å². The average molecular weight is 287 g/mol. The number of ether oxygens (including phenoxy) is 1. The molecule has 0 aromatic heterocycles. The van der Waals surface area contributed by atoms with E-state index in [0.29, 0.717) is 0 Å². The van der Waals surface area contributed by atoms with E-state index in [2.05, 4.69) is 4.72 Å². The van der Waals surface area contributed by atoms with E-state index < -0.39 is 16.0 Å². The summed E-state index contributed by atoms with van der Waals surface area (Å²) in [5.74, 6) is -0.994. The second-order valence-corrected chi connectivity index (χ2v) is 5.94. The number of rotatable bonds is 7. The topological polar surface area (TPSA) is 92.7 Å². The number of aliphatic carboxylic acids is 1. The van der Waals surface area contributed by atoms with Gasteiger partial charge >= 0.3 is 5.97 Å². The molecule has 1 aromatic carbocycles. The largest absolute Gasteiger partial charge is 0.495 e. The molecule has 0 bridgehead atoms. The lowest BCUT2D eigenvalue weighted by atomic mass is 10.1. The molecule has 7 heteroatoms. The zero-order valence-corrected chi connectivity index (χ0v) is 11.6. The van der Waals surface area contributed by atoms with E-state index in [1.165, 1.54) is 13.2 Å². The molecule has 0 aliphatic carbocycles. The van der Waals surface area contributed by atoms with Crippen LogP contribution in [0.3, 0.4) is 0 Å². The van der Waals surface area contributed by atoms with E-state index >= 15 is 0 Å². The van der Waals surface area contributed by atoms with E-state index in [9.17, 15) is 13.2 Å². The Hall–Kier alpha value is -1.60. The Morgan fingerprint density at radius 1 is 1.42 bits per heavy atom. The number of nitrogens with one attached hydrogen (secondary N) is 1. The second kappa shape index (κ2) is 6.53. The third-order valence-electron chi connectivity index (χ3n) is 2.50. The molecule has 0 saturated heterocycles. The summed E-state index contributed by atoms with van der Waals surface area (Å²) in [6.45, 7) is 1.73. The number of hydrogen-bond acceptors (Lipinski definition) is 4. The van der Waals surface area contributed by atoms with Crippen molar-refractivity contribution in [3.05, 3.63) is 24.3 Å². The van der Waals surface area contributed by atoms with Gasteiger partial charge in [0.05, 0.1) is 7.11 Å². The molecule has 0 saturated carbocycles. The number of benzene rings is 1. The Labute approximate surface area is 112 Å². The van der Waals surface area contributed by atoms with Gasteiger partial charge in [0.25, 0.3) is 0 Å². The summed E-state index contributed by atoms with van der Waals surface area (Å²) in [7, 11) is -2.31. The van der Waals surface area contributed by atoms with Gasteiger partial charge in [0, 0.05) is 13.0 Å². The summed E-state index contributed by atoms with van der Waals surface area (Å²) in [6, 6.07) is 6.25. The quantitative estimate of drug-likeness (QED) is 0.783. The number of methoxy groups -OCH3 is 1. The molecule has 0 radical (unpaired) electrons. The van der Waals surface area contributed by atoms with Gasteiger partial charge in [-0.05, 0) is 18.1 Å². The van der Waals surface area contributed by atoms with Crippen LogP contribution < -0.4 is 9.46 Å². The van der Waals surface area contributed by atoms with Crippen LogP contribution in [0.15, 0.2) is 29.2 Å². The Morgan fingerprint density at radius 2 is 2.05 bits per heavy atom. The van der Waals surface area contributed by atoms with Crippen molar-refractivity contribution in [1.29, 1.82) is 0 Å². The minimum absolute atomic E-state index is 0.0417. The standard InChI is InChI=1S/C12H17NO5S/c1-9(7-12(14)15)8-13-19(16,17)11-6-4-3-5-10(11)18-2/h3-6,9,13H,7-8H2,1-2H3,(H,14,15). The Morgan fingerprint density at radius 3 is 2.63 bits per heavy atom. The van der Waals surface area contributed by atoms with Gasteiger partial charge in [-0.15, -0.1) is 0 Å². The first-order chi connectivity index (χ1) is 8.86. The molecule has 0 aliphatic rings. The second-order valence-electron chi connectivity index (χ2n) is 4.21. The lowest BCUT2D eigenvalue weighted by Gasteiger charge is -2.13. The summed E-state index contributed by atoms with van der Waals surface area (Å²) in [5.41, 5.74) is 0. The number of sulfonamides is 1. The third-order valence-corrected chi connectivity index (χ3v) is 3.97. The van der Waals surface area contributed by atoms with Crippen LogP contribution in [0.2, 0.25) is 0 Å². The highest BCUT2D eigenvalue weighted by Crippen LogP contribution is 2.22. The van der Waals surface area contributed by atoms with E-state index in [1.54, 1.807) is 25.1 Å². The highest BCUT2D eigenvalue weighted by atomic mass is 32.2. The van der Waals surface area contributed by atoms with Crippen molar-refractivity contribution >= 4 is 16.0 Å². The summed E-state index contributed by atoms with van der Waals surface area (Å²) in [4.78, 5) is 10.5. The molecule has 0 heterocycles. The summed E-state index contributed by atoms with van der Waals surface area (Å²) in [5, 5.41) is 8.62. The molecule has 1 unspecified atom stereocenters. The number of carbonyl (C=O) groups is 1. The molecule has 6 nitrogen and oxygen atoms in total. The normalized spacial score (nSPS) is 12.9. The van der Waals surface area contributed by atoms with Crippen LogP contribution in [0.1, 0.15) is 13.3 Å². The third kappa shape index (κ3) is 4.53. The molecule has 19 heavy (non-hydrogen) atoms. The maximum atomic E-state index is 12.1. The summed E-state index contributed by atoms with van der Waals surface area (Å²) >= 11 is 0. The monoisotopic (exact) mass is 287 g/mol. The van der Waals surface area contributed by atoms with Crippen LogP contribution in [-0.2, 0) is 14.8 Å². The molecular weight excluding hydrogens is 270 g/mol. The first kappa shape index (κ1) is 15.5. The van der Waals surface area contributed by atoms with E-state index in [-0.39, 0.29) is 29.5 Å². The van der Waals surface area contributed by atoms with Crippen molar-refractivity contribution in [1.82, 2.24) is 4.72 Å². The van der Waals surface area contributed by atoms with Crippen LogP contribution in [0.25, 0.3) is 0 Å². The molecule has 0 spiro atoms. The van der Waals surface area contributed by atoms with E-state index in [0.717, 1.165) is 0 Å². The molecule has 1 rings (SSSR count). The molecular formula is C12H17NO5S. The molecule has 2 N–H and O–H groups in total. The lowest BCUT2D eigenvalue weighted by Crippen LogP contribution is -2.29. The smallest absolute Gasteiger partial charge is 0.303 e. The minimum Gasteiger partial charge on any atom is -0.495 e. The zero-order chi connectivity index (χ0) is 14.5. The zero-order valence-electron chi connectivity index (χ0n) is 10.8. The number of para-hydroxylation sites is 1. The van der Waals surface area contributed by atoms with Crippen molar-refractivity contribution in [3.63, 3.8) is 0 Å². The van der Waals surface area contributed by atoms with E-state index in [1.807, 2.05) is 0 Å². The summed E-state index contributed by atoms with van der Waals surface area (Å²) < 4.78 is 31.5. The van der Waals surface area contributed by atoms with Gasteiger partial charge < -0.3 is 9.84 Å². The van der Waals surface area contributed by atoms with Crippen molar-refractivity contribution in [2.75, 3.05) is 13.7 Å². The molecule has 0 fully saturated rings. The lowest BCUT2D eigenvalue weighted by molar-refractivity contribution is -0.137. The predicted octanol–water partition coefficient (Wildman–Crippen LogP) is 1.08. The van der Waals surface area contributed by atoms with Gasteiger partial charge in [-0.3, -0.25) is 4.79 Å². The average Bonchev–Trinajstić information content (AvgIpc) is 2.36.